The average molecular weight is 774 g/mol. The normalized spacial score (nSPS) is 11.7. The fraction of sp³-hybridized carbons (Fsp3) is 0.135. The predicted octanol–water partition coefficient (Wildman–Crippen LogP) is 8.13. The molecule has 0 aliphatic carbocycles. The Balaban J connectivity index is 1.27. The minimum Gasteiger partial charge on any atom is -0.493 e. The summed E-state index contributed by atoms with van der Waals surface area (Å²) in [6.45, 7) is 1.81. The van der Waals surface area contributed by atoms with E-state index in [2.05, 4.69) is 36.9 Å². The second kappa shape index (κ2) is 17.0. The number of hydrogen-bond acceptors (Lipinski definition) is 9. The van der Waals surface area contributed by atoms with E-state index in [0.717, 1.165) is 20.6 Å². The number of carbonyl (C=O) groups is 3. The van der Waals surface area contributed by atoms with E-state index in [-0.39, 0.29) is 11.6 Å². The number of anilines is 2. The summed E-state index contributed by atoms with van der Waals surface area (Å²) in [6.07, 6.45) is 1.52. The molecule has 50 heavy (non-hydrogen) atoms. The molecule has 13 heteroatoms. The third-order valence-corrected chi connectivity index (χ3v) is 9.59. The van der Waals surface area contributed by atoms with Crippen molar-refractivity contribution in [3.8, 4) is 28.5 Å². The highest BCUT2D eigenvalue weighted by atomic mass is 79.9. The molecule has 0 radical (unpaired) electrons. The molecule has 0 fully saturated rings. The topological polar surface area (TPSA) is 128 Å². The zero-order valence-electron chi connectivity index (χ0n) is 27.5. The number of benzene rings is 4. The maximum Gasteiger partial charge on any atom is 0.272 e. The minimum absolute atomic E-state index is 0.0117. The van der Waals surface area contributed by atoms with Gasteiger partial charge in [-0.2, -0.15) is 0 Å². The molecule has 0 spiro atoms. The second-order valence-corrected chi connectivity index (χ2v) is 13.8. The van der Waals surface area contributed by atoms with Crippen LogP contribution in [0.2, 0.25) is 0 Å². The summed E-state index contributed by atoms with van der Waals surface area (Å²) in [6, 6.07) is 26.8. The van der Waals surface area contributed by atoms with Crippen LogP contribution in [0, 0.1) is 0 Å². The highest BCUT2D eigenvalue weighted by molar-refractivity contribution is 9.10. The SMILES string of the molecule is COc1cc(/C=C(\NC(=O)c2ccccc2)C(=O)Nc2ccc(SC(C)C(=O)Nc3nc(-c4ccc(Br)cc4)cs3)cc2)cc(OC)c1OC. The first-order valence-electron chi connectivity index (χ1n) is 15.2. The lowest BCUT2D eigenvalue weighted by atomic mass is 10.1. The minimum atomic E-state index is -0.554. The summed E-state index contributed by atoms with van der Waals surface area (Å²) in [4.78, 5) is 45.0. The van der Waals surface area contributed by atoms with Crippen LogP contribution in [-0.4, -0.2) is 49.3 Å². The molecule has 0 aliphatic rings. The Morgan fingerprint density at radius 1 is 0.860 bits per heavy atom. The van der Waals surface area contributed by atoms with Crippen LogP contribution in [0.1, 0.15) is 22.8 Å². The van der Waals surface area contributed by atoms with Crippen molar-refractivity contribution in [2.45, 2.75) is 17.1 Å². The predicted molar refractivity (Wildman–Crippen MR) is 202 cm³/mol. The number of halogens is 1. The Bertz CT molecular complexity index is 1980. The van der Waals surface area contributed by atoms with Gasteiger partial charge in [0, 0.05) is 31.6 Å². The fourth-order valence-corrected chi connectivity index (χ4v) is 6.51. The van der Waals surface area contributed by atoms with Crippen LogP contribution < -0.4 is 30.2 Å². The monoisotopic (exact) mass is 772 g/mol. The van der Waals surface area contributed by atoms with Crippen molar-refractivity contribution in [1.82, 2.24) is 10.3 Å². The molecule has 10 nitrogen and oxygen atoms in total. The van der Waals surface area contributed by atoms with Crippen LogP contribution in [0.25, 0.3) is 17.3 Å². The molecule has 0 saturated heterocycles. The van der Waals surface area contributed by atoms with Crippen LogP contribution in [0.15, 0.2) is 111 Å². The highest BCUT2D eigenvalue weighted by Gasteiger charge is 2.19. The van der Waals surface area contributed by atoms with Crippen molar-refractivity contribution in [1.29, 1.82) is 0 Å². The molecule has 3 amide bonds. The van der Waals surface area contributed by atoms with E-state index in [9.17, 15) is 14.4 Å². The first kappa shape index (κ1) is 36.2. The molecule has 1 unspecified atom stereocenters. The Morgan fingerprint density at radius 2 is 1.52 bits per heavy atom. The van der Waals surface area contributed by atoms with Gasteiger partial charge in [-0.25, -0.2) is 4.98 Å². The smallest absolute Gasteiger partial charge is 0.272 e. The number of amides is 3. The summed E-state index contributed by atoms with van der Waals surface area (Å²) in [5, 5.41) is 10.5. The van der Waals surface area contributed by atoms with Gasteiger partial charge in [0.15, 0.2) is 16.6 Å². The van der Waals surface area contributed by atoms with Gasteiger partial charge in [-0.15, -0.1) is 23.1 Å². The molecule has 3 N–H and O–H groups in total. The van der Waals surface area contributed by atoms with Gasteiger partial charge in [0.25, 0.3) is 11.8 Å². The van der Waals surface area contributed by atoms with Crippen LogP contribution in [-0.2, 0) is 9.59 Å². The lowest BCUT2D eigenvalue weighted by Gasteiger charge is -2.15. The number of carbonyl (C=O) groups excluding carboxylic acids is 3. The van der Waals surface area contributed by atoms with Gasteiger partial charge < -0.3 is 30.2 Å². The average Bonchev–Trinajstić information content (AvgIpc) is 3.60. The van der Waals surface area contributed by atoms with E-state index in [1.54, 1.807) is 54.6 Å². The van der Waals surface area contributed by atoms with E-state index in [1.165, 1.54) is 50.5 Å². The highest BCUT2D eigenvalue weighted by Crippen LogP contribution is 2.39. The summed E-state index contributed by atoms with van der Waals surface area (Å²) in [5.41, 5.74) is 3.14. The zero-order valence-corrected chi connectivity index (χ0v) is 30.7. The van der Waals surface area contributed by atoms with Gasteiger partial charge >= 0.3 is 0 Å². The number of thioether (sulfide) groups is 1. The first-order chi connectivity index (χ1) is 24.2. The van der Waals surface area contributed by atoms with Gasteiger partial charge in [-0.3, -0.25) is 14.4 Å². The number of nitrogens with one attached hydrogen (secondary N) is 3. The quantitative estimate of drug-likeness (QED) is 0.0809. The molecular weight excluding hydrogens is 740 g/mol. The van der Waals surface area contributed by atoms with Crippen LogP contribution in [0.5, 0.6) is 17.2 Å². The first-order valence-corrected chi connectivity index (χ1v) is 17.7. The fourth-order valence-electron chi connectivity index (χ4n) is 4.66. The summed E-state index contributed by atoms with van der Waals surface area (Å²) >= 11 is 6.17. The number of rotatable bonds is 13. The number of thiazole rings is 1. The number of ether oxygens (including phenoxy) is 3. The number of methoxy groups -OCH3 is 3. The van der Waals surface area contributed by atoms with E-state index in [1.807, 2.05) is 48.7 Å². The standard InChI is InChI=1S/C37H33BrN4O6S2/c1-22(34(43)42-37-41-30(21-49-37)24-10-12-26(38)13-11-24)50-28-16-14-27(15-17-28)39-36(45)29(40-35(44)25-8-6-5-7-9-25)18-23-19-31(46-2)33(48-4)32(20-23)47-3/h5-22H,1-4H3,(H,39,45)(H,40,44)(H,41,42,43)/b29-18-. The maximum absolute atomic E-state index is 13.6. The van der Waals surface area contributed by atoms with Gasteiger partial charge in [0.2, 0.25) is 11.7 Å². The van der Waals surface area contributed by atoms with E-state index in [0.29, 0.717) is 39.2 Å². The van der Waals surface area contributed by atoms with Crippen LogP contribution >= 0.6 is 39.0 Å². The largest absolute Gasteiger partial charge is 0.493 e. The van der Waals surface area contributed by atoms with Gasteiger partial charge in [0.1, 0.15) is 5.70 Å². The van der Waals surface area contributed by atoms with Gasteiger partial charge in [-0.1, -0.05) is 46.3 Å². The Morgan fingerprint density at radius 3 is 2.14 bits per heavy atom. The summed E-state index contributed by atoms with van der Waals surface area (Å²) in [7, 11) is 4.48. The Hall–Kier alpha value is -5.11. The van der Waals surface area contributed by atoms with Crippen molar-refractivity contribution in [3.63, 3.8) is 0 Å². The van der Waals surface area contributed by atoms with Crippen LogP contribution in [0.4, 0.5) is 10.8 Å². The molecule has 0 bridgehead atoms. The van der Waals surface area contributed by atoms with E-state index < -0.39 is 17.1 Å². The van der Waals surface area contributed by atoms with Crippen molar-refractivity contribution in [2.75, 3.05) is 32.0 Å². The van der Waals surface area contributed by atoms with Crippen molar-refractivity contribution in [3.05, 3.63) is 118 Å². The van der Waals surface area contributed by atoms with Gasteiger partial charge in [-0.05, 0) is 79.2 Å². The van der Waals surface area contributed by atoms with Crippen molar-refractivity contribution < 1.29 is 28.6 Å². The molecule has 4 aromatic carbocycles. The number of hydrogen-bond donors (Lipinski definition) is 3. The third kappa shape index (κ3) is 9.31. The lowest BCUT2D eigenvalue weighted by Crippen LogP contribution is -2.30. The molecule has 5 rings (SSSR count). The Kier molecular flexibility index (Phi) is 12.3. The molecule has 1 heterocycles. The Labute approximate surface area is 306 Å². The third-order valence-electron chi connectivity index (χ3n) is 7.20. The van der Waals surface area contributed by atoms with Crippen molar-refractivity contribution >= 4 is 73.6 Å². The summed E-state index contributed by atoms with van der Waals surface area (Å²) in [5.74, 6) is -0.0197. The molecule has 256 valence electrons. The van der Waals surface area contributed by atoms with Crippen LogP contribution in [0.3, 0.4) is 0 Å². The molecule has 5 aromatic rings. The zero-order chi connectivity index (χ0) is 35.6. The second-order valence-electron chi connectivity index (χ2n) is 10.6. The molecule has 1 atom stereocenters. The lowest BCUT2D eigenvalue weighted by molar-refractivity contribution is -0.115. The maximum atomic E-state index is 13.6. The van der Waals surface area contributed by atoms with Crippen molar-refractivity contribution in [2.24, 2.45) is 0 Å². The molecule has 0 saturated carbocycles. The number of nitrogens with zero attached hydrogens (tertiary/aromatic N) is 1. The van der Waals surface area contributed by atoms with Gasteiger partial charge in [0.05, 0.1) is 32.3 Å². The van der Waals surface area contributed by atoms with E-state index >= 15 is 0 Å². The molecule has 0 aliphatic heterocycles. The molecule has 1 aromatic heterocycles. The number of aromatic nitrogens is 1. The summed E-state index contributed by atoms with van der Waals surface area (Å²) < 4.78 is 17.3. The van der Waals surface area contributed by atoms with E-state index in [4.69, 9.17) is 14.2 Å². The molecular formula is C37H33BrN4O6S2.